The van der Waals surface area contributed by atoms with Crippen molar-refractivity contribution in [3.05, 3.63) is 132 Å². The first kappa shape index (κ1) is 59.5. The molecule has 77 heavy (non-hydrogen) atoms. The Kier molecular flexibility index (Phi) is 21.6. The Balaban J connectivity index is 1.38. The fourth-order valence-electron chi connectivity index (χ4n) is 8.52. The van der Waals surface area contributed by atoms with E-state index in [1.54, 1.807) is 67.9 Å². The molecule has 410 valence electrons. The summed E-state index contributed by atoms with van der Waals surface area (Å²) in [6.45, 7) is 4.92. The molecule has 20 nitrogen and oxygen atoms in total. The summed E-state index contributed by atoms with van der Waals surface area (Å²) in [7, 11) is 0. The molecule has 0 unspecified atom stereocenters. The average Bonchev–Trinajstić information content (AvgIpc) is 3.96. The molecule has 0 saturated carbocycles. The summed E-state index contributed by atoms with van der Waals surface area (Å²) >= 11 is 0. The van der Waals surface area contributed by atoms with Crippen LogP contribution in [0.5, 0.6) is 0 Å². The van der Waals surface area contributed by atoms with Crippen LogP contribution in [-0.4, -0.2) is 123 Å². The highest BCUT2D eigenvalue weighted by Crippen LogP contribution is 2.41. The molecule has 0 aliphatic carbocycles. The van der Waals surface area contributed by atoms with Gasteiger partial charge < -0.3 is 46.3 Å². The number of nitrogens with one attached hydrogen (secondary N) is 4. The third-order valence-electron chi connectivity index (χ3n) is 12.4. The van der Waals surface area contributed by atoms with E-state index in [0.29, 0.717) is 11.3 Å². The van der Waals surface area contributed by atoms with Crippen LogP contribution in [0.1, 0.15) is 89.1 Å². The van der Waals surface area contributed by atoms with Crippen molar-refractivity contribution < 1.29 is 66.6 Å². The molecule has 0 radical (unpaired) electrons. The smallest absolute Gasteiger partial charge is 0.408 e. The van der Waals surface area contributed by atoms with Crippen LogP contribution in [0.2, 0.25) is 0 Å². The molecule has 7 N–H and O–H groups in total. The summed E-state index contributed by atoms with van der Waals surface area (Å²) in [5.74, 6) is -8.40. The van der Waals surface area contributed by atoms with E-state index in [0.717, 1.165) is 40.8 Å². The SMILES string of the molecule is C[C@H](NC(=O)OCc1ccccc1)C(=O)CCC(=O)N[C@@H](CC(N)=O)C(=O)N[C@@H](CCN(C(=O)CO)[C@@H](c1cc(-c2cc(F)ccc2F)cn1Cc1ccccc1)C(C)(C)C)C(=O)NCCCC(=O)CN1C(=O)C=CC1=O. The Morgan fingerprint density at radius 2 is 1.44 bits per heavy atom. The number of Topliss-reactive ketones (excluding diaryl/α,β-unsaturated/α-hetero) is 2. The van der Waals surface area contributed by atoms with Crippen molar-refractivity contribution >= 4 is 59.0 Å². The molecule has 1 aliphatic rings. The molecule has 0 bridgehead atoms. The number of carbonyl (C=O) groups excluding carboxylic acids is 10. The summed E-state index contributed by atoms with van der Waals surface area (Å²) in [5, 5.41) is 20.4. The lowest BCUT2D eigenvalue weighted by molar-refractivity contribution is -0.141. The standard InChI is InChI=1S/C55H64F2N8O12/c1-34(60-54(76)77-33-36-14-9-6-10-15-36)45(68)19-20-47(70)61-43(28-46(58)69)53(75)62-42(52(74)59-24-11-16-39(67)31-65-48(71)21-22-49(65)72)23-25-64(50(73)32-66)51(55(2,3)4)44-26-37(40-27-38(56)17-18-41(40)57)30-63(44)29-35-12-7-5-8-13-35/h5-10,12-15,17-18,21-22,26-27,30,34,42-43,51,66H,11,16,19-20,23-25,28-29,31-33H2,1-4H3,(H2,58,69)(H,59,74)(H,60,76)(H,61,70)(H,62,75)/t34-,42-,43-,51-/m0/s1. The molecule has 5 rings (SSSR count). The van der Waals surface area contributed by atoms with Crippen molar-refractivity contribution in [3.8, 4) is 11.1 Å². The highest BCUT2D eigenvalue weighted by Gasteiger charge is 2.38. The summed E-state index contributed by atoms with van der Waals surface area (Å²) in [6.07, 6.45) is 0.592. The van der Waals surface area contributed by atoms with Crippen molar-refractivity contribution in [1.29, 1.82) is 0 Å². The normalized spacial score (nSPS) is 13.7. The molecule has 0 fully saturated rings. The topological polar surface area (TPSA) is 286 Å². The highest BCUT2D eigenvalue weighted by atomic mass is 19.1. The molecule has 4 aromatic rings. The van der Waals surface area contributed by atoms with E-state index in [1.807, 2.05) is 30.3 Å². The number of nitrogens with two attached hydrogens (primary N) is 1. The minimum absolute atomic E-state index is 0.0187. The van der Waals surface area contributed by atoms with Gasteiger partial charge in [-0.15, -0.1) is 0 Å². The van der Waals surface area contributed by atoms with Crippen LogP contribution in [0.15, 0.2) is 103 Å². The van der Waals surface area contributed by atoms with Gasteiger partial charge >= 0.3 is 6.09 Å². The summed E-state index contributed by atoms with van der Waals surface area (Å²) < 4.78 is 36.9. The molecular weight excluding hydrogens is 1000 g/mol. The van der Waals surface area contributed by atoms with Crippen molar-refractivity contribution in [1.82, 2.24) is 35.6 Å². The summed E-state index contributed by atoms with van der Waals surface area (Å²) in [5.41, 5.74) is 6.77. The molecule has 8 amide bonds. The van der Waals surface area contributed by atoms with E-state index in [9.17, 15) is 57.4 Å². The maximum atomic E-state index is 15.4. The number of aromatic nitrogens is 1. The maximum Gasteiger partial charge on any atom is 0.408 e. The Bertz CT molecular complexity index is 2820. The molecule has 1 aliphatic heterocycles. The quantitative estimate of drug-likeness (QED) is 0.0351. The highest BCUT2D eigenvalue weighted by molar-refractivity contribution is 6.14. The lowest BCUT2D eigenvalue weighted by Crippen LogP contribution is -2.55. The summed E-state index contributed by atoms with van der Waals surface area (Å²) in [6, 6.07) is 17.3. The van der Waals surface area contributed by atoms with Crippen LogP contribution in [-0.2, 0) is 61.0 Å². The number of halogens is 2. The van der Waals surface area contributed by atoms with Crippen LogP contribution >= 0.6 is 0 Å². The van der Waals surface area contributed by atoms with Gasteiger partial charge in [-0.2, -0.15) is 0 Å². The van der Waals surface area contributed by atoms with Crippen molar-refractivity contribution in [2.75, 3.05) is 26.2 Å². The van der Waals surface area contributed by atoms with Gasteiger partial charge in [0.15, 0.2) is 11.6 Å². The molecule has 1 aromatic heterocycles. The molecule has 2 heterocycles. The number of ether oxygens (including phenoxy) is 1. The van der Waals surface area contributed by atoms with Gasteiger partial charge in [0, 0.05) is 74.1 Å². The maximum absolute atomic E-state index is 15.4. The fraction of sp³-hybridized carbons (Fsp3) is 0.382. The predicted octanol–water partition coefficient (Wildman–Crippen LogP) is 3.68. The number of nitrogens with zero attached hydrogens (tertiary/aromatic N) is 3. The predicted molar refractivity (Wildman–Crippen MR) is 275 cm³/mol. The van der Waals surface area contributed by atoms with Crippen LogP contribution in [0.25, 0.3) is 11.1 Å². The molecule has 0 saturated heterocycles. The number of aliphatic hydroxyl groups is 1. The Morgan fingerprint density at radius 3 is 2.06 bits per heavy atom. The Hall–Kier alpha value is -8.40. The number of primary amides is 1. The van der Waals surface area contributed by atoms with Crippen LogP contribution in [0, 0.1) is 17.0 Å². The number of benzene rings is 3. The van der Waals surface area contributed by atoms with Gasteiger partial charge in [0.2, 0.25) is 29.5 Å². The number of carbonyl (C=O) groups is 10. The third kappa shape index (κ3) is 17.9. The molecule has 3 aromatic carbocycles. The third-order valence-corrected chi connectivity index (χ3v) is 12.4. The largest absolute Gasteiger partial charge is 0.445 e. The molecule has 4 atom stereocenters. The lowest BCUT2D eigenvalue weighted by atomic mass is 9.82. The first-order chi connectivity index (χ1) is 36.5. The zero-order valence-corrected chi connectivity index (χ0v) is 43.2. The van der Waals surface area contributed by atoms with Crippen molar-refractivity contribution in [2.24, 2.45) is 11.1 Å². The van der Waals surface area contributed by atoms with Crippen molar-refractivity contribution in [2.45, 2.75) is 104 Å². The van der Waals surface area contributed by atoms with E-state index in [-0.39, 0.29) is 56.6 Å². The van der Waals surface area contributed by atoms with Crippen LogP contribution in [0.3, 0.4) is 0 Å². The van der Waals surface area contributed by atoms with Crippen LogP contribution < -0.4 is 27.0 Å². The second-order valence-corrected chi connectivity index (χ2v) is 19.5. The zero-order chi connectivity index (χ0) is 56.4. The number of rotatable bonds is 28. The van der Waals surface area contributed by atoms with Gasteiger partial charge in [0.1, 0.15) is 36.9 Å². The minimum Gasteiger partial charge on any atom is -0.445 e. The lowest BCUT2D eigenvalue weighted by Gasteiger charge is -2.41. The number of alkyl carbamates (subject to hydrolysis) is 1. The fourth-order valence-corrected chi connectivity index (χ4v) is 8.52. The Morgan fingerprint density at radius 1 is 0.792 bits per heavy atom. The summed E-state index contributed by atoms with van der Waals surface area (Å²) in [4.78, 5) is 132. The van der Waals surface area contributed by atoms with Gasteiger partial charge in [-0.1, -0.05) is 81.4 Å². The number of hydrogen-bond acceptors (Lipinski definition) is 12. The van der Waals surface area contributed by atoms with Gasteiger partial charge in [0.25, 0.3) is 11.8 Å². The average molecular weight is 1070 g/mol. The molecule has 0 spiro atoms. The first-order valence-corrected chi connectivity index (χ1v) is 24.8. The van der Waals surface area contributed by atoms with Gasteiger partial charge in [-0.25, -0.2) is 13.6 Å². The van der Waals surface area contributed by atoms with E-state index < -0.39 is 133 Å². The second kappa shape index (κ2) is 27.9. The number of ketones is 2. The van der Waals surface area contributed by atoms with E-state index in [4.69, 9.17) is 10.5 Å². The van der Waals surface area contributed by atoms with E-state index in [2.05, 4.69) is 21.3 Å². The second-order valence-electron chi connectivity index (χ2n) is 19.5. The van der Waals surface area contributed by atoms with Crippen LogP contribution in [0.4, 0.5) is 13.6 Å². The number of aliphatic hydroxyl groups excluding tert-OH is 1. The molecule has 22 heteroatoms. The minimum atomic E-state index is -1.70. The van der Waals surface area contributed by atoms with Gasteiger partial charge in [0.05, 0.1) is 25.0 Å². The Labute approximate surface area is 443 Å². The van der Waals surface area contributed by atoms with Gasteiger partial charge in [-0.3, -0.25) is 48.1 Å². The number of imide groups is 1. The van der Waals surface area contributed by atoms with E-state index >= 15 is 4.39 Å². The number of hydrogen-bond donors (Lipinski definition) is 6. The van der Waals surface area contributed by atoms with E-state index in [1.165, 1.54) is 11.8 Å². The van der Waals surface area contributed by atoms with Crippen molar-refractivity contribution in [3.63, 3.8) is 0 Å². The molecular formula is C55H64F2N8O12. The monoisotopic (exact) mass is 1070 g/mol. The number of amides is 8. The zero-order valence-electron chi connectivity index (χ0n) is 43.2. The first-order valence-electron chi connectivity index (χ1n) is 24.8. The van der Waals surface area contributed by atoms with Gasteiger partial charge in [-0.05, 0) is 60.6 Å².